The minimum atomic E-state index is -0.908. The molecule has 3 fully saturated rings. The molecule has 0 N–H and O–H groups in total. The molecule has 40 heavy (non-hydrogen) atoms. The van der Waals surface area contributed by atoms with Crippen LogP contribution in [0.4, 0.5) is 0 Å². The van der Waals surface area contributed by atoms with Crippen LogP contribution in [-0.4, -0.2) is 50.1 Å². The predicted octanol–water partition coefficient (Wildman–Crippen LogP) is 4.85. The van der Waals surface area contributed by atoms with E-state index in [2.05, 4.69) is 15.1 Å². The second kappa shape index (κ2) is 10.5. The van der Waals surface area contributed by atoms with Gasteiger partial charge >= 0.3 is 5.97 Å². The minimum absolute atomic E-state index is 0.0975. The van der Waals surface area contributed by atoms with Crippen LogP contribution in [0.3, 0.4) is 0 Å². The highest BCUT2D eigenvalue weighted by atomic mass is 35.5. The quantitative estimate of drug-likeness (QED) is 0.295. The first-order valence-electron chi connectivity index (χ1n) is 14.2. The van der Waals surface area contributed by atoms with Crippen molar-refractivity contribution in [2.75, 3.05) is 13.2 Å². The second-order valence-electron chi connectivity index (χ2n) is 11.6. The first-order valence-corrected chi connectivity index (χ1v) is 14.6. The molecule has 0 spiro atoms. The maximum atomic E-state index is 13.6. The Balaban J connectivity index is 1.20. The van der Waals surface area contributed by atoms with Crippen LogP contribution in [0.15, 0.2) is 24.3 Å². The number of ether oxygens (including phenoxy) is 3. The van der Waals surface area contributed by atoms with Gasteiger partial charge in [0.25, 0.3) is 5.78 Å². The van der Waals surface area contributed by atoms with E-state index in [1.165, 1.54) is 0 Å². The fourth-order valence-corrected chi connectivity index (χ4v) is 7.04. The van der Waals surface area contributed by atoms with Crippen LogP contribution >= 0.6 is 11.6 Å². The highest BCUT2D eigenvalue weighted by Gasteiger charge is 2.51. The molecule has 2 saturated heterocycles. The van der Waals surface area contributed by atoms with E-state index in [9.17, 15) is 9.59 Å². The van der Waals surface area contributed by atoms with Crippen LogP contribution in [0, 0.1) is 25.7 Å². The Labute approximate surface area is 238 Å². The third-order valence-electron chi connectivity index (χ3n) is 8.80. The molecule has 2 atom stereocenters. The molecule has 2 unspecified atom stereocenters. The molecule has 1 aromatic carbocycles. The average molecular weight is 567 g/mol. The number of carbonyl (C=O) groups excluding carboxylic acids is 2. The number of hydrogen-bond acceptors (Lipinski definition) is 8. The van der Waals surface area contributed by atoms with Gasteiger partial charge in [0.05, 0.1) is 13.2 Å². The van der Waals surface area contributed by atoms with E-state index in [4.69, 9.17) is 25.8 Å². The van der Waals surface area contributed by atoms with Crippen LogP contribution in [0.25, 0.3) is 5.78 Å². The Morgan fingerprint density at radius 3 is 2.52 bits per heavy atom. The zero-order valence-electron chi connectivity index (χ0n) is 23.2. The highest BCUT2D eigenvalue weighted by Crippen LogP contribution is 2.45. The van der Waals surface area contributed by atoms with Crippen LogP contribution in [0.2, 0.25) is 5.02 Å². The molecule has 3 aliphatic rings. The highest BCUT2D eigenvalue weighted by molar-refractivity contribution is 6.31. The lowest BCUT2D eigenvalue weighted by atomic mass is 9.73. The molecule has 0 radical (unpaired) electrons. The first kappa shape index (κ1) is 27.3. The van der Waals surface area contributed by atoms with Gasteiger partial charge in [0.1, 0.15) is 11.5 Å². The van der Waals surface area contributed by atoms with Gasteiger partial charge in [-0.15, -0.1) is 5.10 Å². The second-order valence-corrected chi connectivity index (χ2v) is 12.0. The number of halogens is 1. The maximum Gasteiger partial charge on any atom is 0.317 e. The van der Waals surface area contributed by atoms with E-state index in [1.807, 2.05) is 45.0 Å². The molecule has 0 bridgehead atoms. The molecule has 3 aromatic rings. The molecule has 9 nitrogen and oxygen atoms in total. The summed E-state index contributed by atoms with van der Waals surface area (Å²) >= 11 is 6.66. The van der Waals surface area contributed by atoms with Crippen molar-refractivity contribution < 1.29 is 23.8 Å². The number of rotatable bonds is 7. The zero-order chi connectivity index (χ0) is 28.1. The Bertz CT molecular complexity index is 1440. The molecule has 6 rings (SSSR count). The van der Waals surface area contributed by atoms with Crippen molar-refractivity contribution in [1.29, 1.82) is 0 Å². The molecule has 0 amide bonds. The summed E-state index contributed by atoms with van der Waals surface area (Å²) in [4.78, 5) is 35.9. The van der Waals surface area contributed by atoms with E-state index < -0.39 is 23.3 Å². The number of aromatic nitrogens is 4. The molecular formula is C30H35ClN4O5. The van der Waals surface area contributed by atoms with Gasteiger partial charge in [-0.05, 0) is 70.1 Å². The van der Waals surface area contributed by atoms with Gasteiger partial charge in [0.15, 0.2) is 17.4 Å². The van der Waals surface area contributed by atoms with Crippen molar-refractivity contribution in [3.8, 4) is 0 Å². The van der Waals surface area contributed by atoms with Gasteiger partial charge in [0.2, 0.25) is 0 Å². The molecular weight excluding hydrogens is 532 g/mol. The Morgan fingerprint density at radius 1 is 1.07 bits per heavy atom. The summed E-state index contributed by atoms with van der Waals surface area (Å²) in [6.07, 6.45) is 5.60. The fourth-order valence-electron chi connectivity index (χ4n) is 6.66. The standard InChI is InChI=1S/C30H35ClN4O5/c1-18-14-19(2)35-28(32-18)33-26(34-35)16-22-25(36)17-30(40-27(22)37,21-6-4-5-7-21)11-10-20-8-9-23(24(31)15-20)29(3)38-12-13-39-29/h8-9,14-15,21-22H,4-7,10-13,16-17H2,1-3H3. The number of esters is 1. The molecule has 212 valence electrons. The van der Waals surface area contributed by atoms with E-state index >= 15 is 0 Å². The number of aryl methyl sites for hydroxylation is 3. The molecule has 1 aliphatic carbocycles. The van der Waals surface area contributed by atoms with Gasteiger partial charge < -0.3 is 14.2 Å². The number of carbonyl (C=O) groups is 2. The average Bonchev–Trinajstić information content (AvgIpc) is 3.67. The van der Waals surface area contributed by atoms with Crippen molar-refractivity contribution in [3.63, 3.8) is 0 Å². The van der Waals surface area contributed by atoms with Crippen molar-refractivity contribution in [2.24, 2.45) is 11.8 Å². The van der Waals surface area contributed by atoms with Gasteiger partial charge in [0, 0.05) is 34.8 Å². The van der Waals surface area contributed by atoms with Crippen LogP contribution in [0.1, 0.15) is 73.8 Å². The van der Waals surface area contributed by atoms with E-state index in [-0.39, 0.29) is 24.5 Å². The van der Waals surface area contributed by atoms with Crippen LogP contribution < -0.4 is 0 Å². The first-order chi connectivity index (χ1) is 19.2. The third-order valence-corrected chi connectivity index (χ3v) is 9.11. The monoisotopic (exact) mass is 566 g/mol. The minimum Gasteiger partial charge on any atom is -0.458 e. The van der Waals surface area contributed by atoms with Crippen molar-refractivity contribution in [3.05, 3.63) is 57.6 Å². The molecule has 10 heteroatoms. The van der Waals surface area contributed by atoms with Crippen molar-refractivity contribution >= 4 is 29.1 Å². The maximum absolute atomic E-state index is 13.6. The van der Waals surface area contributed by atoms with Crippen LogP contribution in [-0.2, 0) is 42.4 Å². The summed E-state index contributed by atoms with van der Waals surface area (Å²) in [7, 11) is 0. The molecule has 2 aliphatic heterocycles. The summed E-state index contributed by atoms with van der Waals surface area (Å²) in [5.74, 6) is -1.27. The van der Waals surface area contributed by atoms with Crippen molar-refractivity contribution in [2.45, 2.75) is 83.5 Å². The number of nitrogens with zero attached hydrogens (tertiary/aromatic N) is 4. The summed E-state index contributed by atoms with van der Waals surface area (Å²) in [5.41, 5.74) is 2.74. The molecule has 4 heterocycles. The van der Waals surface area contributed by atoms with Gasteiger partial charge in [-0.2, -0.15) is 4.98 Å². The Hall–Kier alpha value is -2.88. The summed E-state index contributed by atoms with van der Waals surface area (Å²) < 4.78 is 19.5. The van der Waals surface area contributed by atoms with E-state index in [0.717, 1.165) is 48.2 Å². The normalized spacial score (nSPS) is 25.1. The third kappa shape index (κ3) is 5.03. The molecule has 2 aromatic heterocycles. The number of hydrogen-bond donors (Lipinski definition) is 0. The SMILES string of the molecule is Cc1cc(C)n2nc(CC3C(=O)CC(CCc4ccc(C5(C)OCCO5)c(Cl)c4)(C4CCCC4)OC3=O)nc2n1. The number of ketones is 1. The summed E-state index contributed by atoms with van der Waals surface area (Å²) in [6, 6.07) is 7.80. The summed E-state index contributed by atoms with van der Waals surface area (Å²) in [6.45, 7) is 6.75. The van der Waals surface area contributed by atoms with Gasteiger partial charge in [-0.3, -0.25) is 9.59 Å². The number of cyclic esters (lactones) is 1. The summed E-state index contributed by atoms with van der Waals surface area (Å²) in [5, 5.41) is 5.08. The number of Topliss-reactive ketones (excluding diaryl/α,β-unsaturated/α-hetero) is 1. The van der Waals surface area contributed by atoms with Gasteiger partial charge in [-0.25, -0.2) is 9.50 Å². The van der Waals surface area contributed by atoms with Crippen molar-refractivity contribution in [1.82, 2.24) is 19.6 Å². The number of benzene rings is 1. The zero-order valence-corrected chi connectivity index (χ0v) is 24.0. The molecule has 1 saturated carbocycles. The smallest absolute Gasteiger partial charge is 0.317 e. The largest absolute Gasteiger partial charge is 0.458 e. The van der Waals surface area contributed by atoms with E-state index in [1.54, 1.807) is 4.52 Å². The lowest BCUT2D eigenvalue weighted by Gasteiger charge is -2.43. The number of fused-ring (bicyclic) bond motifs is 1. The van der Waals surface area contributed by atoms with Gasteiger partial charge in [-0.1, -0.05) is 36.6 Å². The lowest BCUT2D eigenvalue weighted by molar-refractivity contribution is -0.185. The lowest BCUT2D eigenvalue weighted by Crippen LogP contribution is -2.52. The topological polar surface area (TPSA) is 105 Å². The Morgan fingerprint density at radius 2 is 1.82 bits per heavy atom. The van der Waals surface area contributed by atoms with E-state index in [0.29, 0.717) is 42.7 Å². The Kier molecular flexibility index (Phi) is 7.17. The predicted molar refractivity (Wildman–Crippen MR) is 147 cm³/mol. The fraction of sp³-hybridized carbons (Fsp3) is 0.567. The van der Waals surface area contributed by atoms with Crippen LogP contribution in [0.5, 0.6) is 0 Å².